The van der Waals surface area contributed by atoms with Crippen LogP contribution < -0.4 is 10.6 Å². The average Bonchev–Trinajstić information content (AvgIpc) is 2.55. The Kier molecular flexibility index (Phi) is 10.1. The molecule has 0 saturated carbocycles. The third-order valence-corrected chi connectivity index (χ3v) is 5.67. The van der Waals surface area contributed by atoms with Gasteiger partial charge in [-0.25, -0.2) is 0 Å². The number of rotatable bonds is 5. The van der Waals surface area contributed by atoms with Crippen LogP contribution >= 0.6 is 35.7 Å². The summed E-state index contributed by atoms with van der Waals surface area (Å²) >= 11 is 1.94. The summed E-state index contributed by atoms with van der Waals surface area (Å²) in [7, 11) is 0. The first kappa shape index (κ1) is 20.3. The summed E-state index contributed by atoms with van der Waals surface area (Å²) in [5, 5.41) is 6.92. The second kappa shape index (κ2) is 10.9. The molecule has 0 amide bonds. The van der Waals surface area contributed by atoms with E-state index in [9.17, 15) is 0 Å². The lowest BCUT2D eigenvalue weighted by Gasteiger charge is -2.34. The van der Waals surface area contributed by atoms with Gasteiger partial charge in [0.25, 0.3) is 0 Å². The number of ether oxygens (including phenoxy) is 2. The number of nitrogens with zero attached hydrogens (tertiary/aromatic N) is 1. The summed E-state index contributed by atoms with van der Waals surface area (Å²) < 4.78 is 11.2. The zero-order valence-corrected chi connectivity index (χ0v) is 16.9. The number of nitrogens with one attached hydrogen (secondary N) is 2. The van der Waals surface area contributed by atoms with Gasteiger partial charge in [-0.1, -0.05) is 0 Å². The van der Waals surface area contributed by atoms with E-state index in [1.807, 2.05) is 11.8 Å². The molecule has 7 heteroatoms. The maximum absolute atomic E-state index is 5.50. The lowest BCUT2D eigenvalue weighted by Crippen LogP contribution is -2.46. The fourth-order valence-electron chi connectivity index (χ4n) is 2.75. The van der Waals surface area contributed by atoms with Crippen LogP contribution in [0.25, 0.3) is 0 Å². The zero-order valence-electron chi connectivity index (χ0n) is 13.7. The third-order valence-electron chi connectivity index (χ3n) is 4.27. The molecule has 2 saturated heterocycles. The van der Waals surface area contributed by atoms with Crippen molar-refractivity contribution >= 4 is 41.7 Å². The molecule has 0 unspecified atom stereocenters. The monoisotopic (exact) mass is 443 g/mol. The summed E-state index contributed by atoms with van der Waals surface area (Å²) in [6.45, 7) is 7.29. The Labute approximate surface area is 155 Å². The summed E-state index contributed by atoms with van der Waals surface area (Å²) in [5.74, 6) is 0.948. The molecule has 2 aliphatic heterocycles. The van der Waals surface area contributed by atoms with Gasteiger partial charge in [-0.05, 0) is 38.9 Å². The Morgan fingerprint density at radius 2 is 1.82 bits per heavy atom. The second-order valence-corrected chi connectivity index (χ2v) is 7.00. The number of hydrogen-bond acceptors (Lipinski definition) is 4. The highest BCUT2D eigenvalue weighted by Gasteiger charge is 2.31. The molecule has 5 nitrogen and oxygen atoms in total. The minimum atomic E-state index is 0. The van der Waals surface area contributed by atoms with Gasteiger partial charge in [-0.2, -0.15) is 11.8 Å². The van der Waals surface area contributed by atoms with E-state index >= 15 is 0 Å². The molecule has 130 valence electrons. The zero-order chi connectivity index (χ0) is 15.0. The first-order chi connectivity index (χ1) is 10.3. The van der Waals surface area contributed by atoms with Crippen molar-refractivity contribution in [3.63, 3.8) is 0 Å². The normalized spacial score (nSPS) is 22.7. The molecule has 2 aliphatic rings. The van der Waals surface area contributed by atoms with Gasteiger partial charge >= 0.3 is 0 Å². The van der Waals surface area contributed by atoms with Gasteiger partial charge in [0.1, 0.15) is 0 Å². The van der Waals surface area contributed by atoms with E-state index < -0.39 is 0 Å². The van der Waals surface area contributed by atoms with Gasteiger partial charge in [0.05, 0.1) is 6.54 Å². The van der Waals surface area contributed by atoms with Crippen LogP contribution in [0.4, 0.5) is 0 Å². The van der Waals surface area contributed by atoms with Crippen LogP contribution in [0.15, 0.2) is 4.99 Å². The van der Waals surface area contributed by atoms with Gasteiger partial charge in [-0.15, -0.1) is 24.0 Å². The topological polar surface area (TPSA) is 54.9 Å². The van der Waals surface area contributed by atoms with Crippen molar-refractivity contribution in [2.75, 3.05) is 45.8 Å². The summed E-state index contributed by atoms with van der Waals surface area (Å²) in [5.41, 5.74) is 0. The Morgan fingerprint density at radius 3 is 2.41 bits per heavy atom. The Morgan fingerprint density at radius 1 is 1.18 bits per heavy atom. The molecule has 0 aromatic carbocycles. The first-order valence-corrected chi connectivity index (χ1v) is 9.26. The van der Waals surface area contributed by atoms with Crippen molar-refractivity contribution in [3.05, 3.63) is 0 Å². The van der Waals surface area contributed by atoms with Crippen molar-refractivity contribution in [1.82, 2.24) is 10.6 Å². The molecule has 0 radical (unpaired) electrons. The third kappa shape index (κ3) is 6.41. The van der Waals surface area contributed by atoms with Crippen LogP contribution in [0.5, 0.6) is 0 Å². The Hall–Kier alpha value is 0.270. The van der Waals surface area contributed by atoms with Gasteiger partial charge in [0.15, 0.2) is 5.96 Å². The molecule has 2 rings (SSSR count). The molecule has 0 atom stereocenters. The molecule has 2 N–H and O–H groups in total. The van der Waals surface area contributed by atoms with Crippen LogP contribution in [0.3, 0.4) is 0 Å². The summed E-state index contributed by atoms with van der Waals surface area (Å²) in [6, 6.07) is 0.483. The Balaban J connectivity index is 0.00000242. The van der Waals surface area contributed by atoms with E-state index in [0.717, 1.165) is 71.2 Å². The van der Waals surface area contributed by atoms with E-state index in [1.54, 1.807) is 0 Å². The van der Waals surface area contributed by atoms with E-state index in [0.29, 0.717) is 6.04 Å². The highest BCUT2D eigenvalue weighted by atomic mass is 127. The van der Waals surface area contributed by atoms with Gasteiger partial charge in [-0.3, -0.25) is 4.99 Å². The van der Waals surface area contributed by atoms with Crippen LogP contribution in [0, 0.1) is 0 Å². The van der Waals surface area contributed by atoms with Crippen molar-refractivity contribution in [1.29, 1.82) is 0 Å². The predicted molar refractivity (Wildman–Crippen MR) is 105 cm³/mol. The molecular weight excluding hydrogens is 413 g/mol. The molecule has 0 bridgehead atoms. The molecule has 0 spiro atoms. The number of guanidine groups is 1. The van der Waals surface area contributed by atoms with Crippen LogP contribution in [0.2, 0.25) is 0 Å². The van der Waals surface area contributed by atoms with Crippen LogP contribution in [-0.2, 0) is 9.47 Å². The molecular formula is C15H30IN3O2S. The first-order valence-electron chi connectivity index (χ1n) is 8.03. The van der Waals surface area contributed by atoms with Gasteiger partial charge < -0.3 is 20.1 Å². The van der Waals surface area contributed by atoms with Crippen LogP contribution in [0.1, 0.15) is 32.6 Å². The SMILES string of the molecule is CCNC(=NCC1(SC)CCOCC1)NC1CCOCC1.I. The summed E-state index contributed by atoms with van der Waals surface area (Å²) in [4.78, 5) is 4.85. The number of halogens is 1. The van der Waals surface area contributed by atoms with E-state index in [2.05, 4.69) is 23.8 Å². The quantitative estimate of drug-likeness (QED) is 0.388. The standard InChI is InChI=1S/C15H29N3O2S.HI/c1-3-16-14(18-13-4-8-19-9-5-13)17-12-15(21-2)6-10-20-11-7-15;/h13H,3-12H2,1-2H3,(H2,16,17,18);1H. The van der Waals surface area contributed by atoms with Crippen molar-refractivity contribution < 1.29 is 9.47 Å². The van der Waals surface area contributed by atoms with E-state index in [-0.39, 0.29) is 28.7 Å². The minimum Gasteiger partial charge on any atom is -0.381 e. The fourth-order valence-corrected chi connectivity index (χ4v) is 3.52. The predicted octanol–water partition coefficient (Wildman–Crippen LogP) is 2.25. The van der Waals surface area contributed by atoms with Crippen molar-refractivity contribution in [2.45, 2.75) is 43.4 Å². The number of aliphatic imine (C=N–C) groups is 1. The maximum Gasteiger partial charge on any atom is 0.191 e. The van der Waals surface area contributed by atoms with Crippen molar-refractivity contribution in [2.24, 2.45) is 4.99 Å². The van der Waals surface area contributed by atoms with Crippen LogP contribution in [-0.4, -0.2) is 62.5 Å². The number of hydrogen-bond donors (Lipinski definition) is 2. The molecule has 0 aromatic rings. The molecule has 22 heavy (non-hydrogen) atoms. The lowest BCUT2D eigenvalue weighted by atomic mass is 9.99. The highest BCUT2D eigenvalue weighted by Crippen LogP contribution is 2.33. The Bertz CT molecular complexity index is 333. The molecule has 2 fully saturated rings. The smallest absolute Gasteiger partial charge is 0.191 e. The van der Waals surface area contributed by atoms with E-state index in [4.69, 9.17) is 14.5 Å². The van der Waals surface area contributed by atoms with Gasteiger partial charge in [0.2, 0.25) is 0 Å². The fraction of sp³-hybridized carbons (Fsp3) is 0.933. The molecule has 0 aromatic heterocycles. The van der Waals surface area contributed by atoms with E-state index in [1.165, 1.54) is 0 Å². The minimum absolute atomic E-state index is 0. The second-order valence-electron chi connectivity index (χ2n) is 5.73. The van der Waals surface area contributed by atoms with Crippen molar-refractivity contribution in [3.8, 4) is 0 Å². The lowest BCUT2D eigenvalue weighted by molar-refractivity contribution is 0.0790. The maximum atomic E-state index is 5.50. The average molecular weight is 443 g/mol. The summed E-state index contributed by atoms with van der Waals surface area (Å²) in [6.07, 6.45) is 6.50. The molecule has 2 heterocycles. The molecule has 0 aliphatic carbocycles. The van der Waals surface area contributed by atoms with Gasteiger partial charge in [0, 0.05) is 43.8 Å². The highest BCUT2D eigenvalue weighted by molar-refractivity contribution is 14.0. The largest absolute Gasteiger partial charge is 0.381 e. The number of thioether (sulfide) groups is 1.